The number of hydrogen-bond acceptors (Lipinski definition) is 4. The number of carbonyl (C=O) groups is 1. The van der Waals surface area contributed by atoms with E-state index >= 15 is 0 Å². The highest BCUT2D eigenvalue weighted by Gasteiger charge is 2.07. The third-order valence-corrected chi connectivity index (χ3v) is 2.99. The molecule has 120 valence electrons. The molecule has 0 fully saturated rings. The van der Waals surface area contributed by atoms with E-state index in [9.17, 15) is 4.79 Å². The molecular weight excluding hydrogens is 294 g/mol. The van der Waals surface area contributed by atoms with Crippen molar-refractivity contribution in [3.05, 3.63) is 54.4 Å². The molecule has 0 saturated carbocycles. The van der Waals surface area contributed by atoms with Gasteiger partial charge in [0.25, 0.3) is 0 Å². The predicted molar refractivity (Wildman–Crippen MR) is 86.5 cm³/mol. The van der Waals surface area contributed by atoms with Gasteiger partial charge in [0.2, 0.25) is 6.54 Å². The van der Waals surface area contributed by atoms with E-state index in [1.807, 2.05) is 49.6 Å². The fourth-order valence-electron chi connectivity index (χ4n) is 1.96. The summed E-state index contributed by atoms with van der Waals surface area (Å²) in [6.07, 6.45) is 5.20. The number of methoxy groups -OCH3 is 1. The van der Waals surface area contributed by atoms with Crippen LogP contribution in [0.2, 0.25) is 0 Å². The van der Waals surface area contributed by atoms with Crippen molar-refractivity contribution in [1.82, 2.24) is 5.43 Å². The summed E-state index contributed by atoms with van der Waals surface area (Å²) >= 11 is 0. The summed E-state index contributed by atoms with van der Waals surface area (Å²) in [5.41, 5.74) is 3.30. The van der Waals surface area contributed by atoms with E-state index in [-0.39, 0.29) is 12.5 Å². The second-order valence-corrected chi connectivity index (χ2v) is 4.68. The first-order valence-corrected chi connectivity index (χ1v) is 7.29. The van der Waals surface area contributed by atoms with Crippen molar-refractivity contribution in [2.24, 2.45) is 5.10 Å². The smallest absolute Gasteiger partial charge is 0.305 e. The first-order chi connectivity index (χ1) is 11.2. The van der Waals surface area contributed by atoms with Gasteiger partial charge < -0.3 is 9.47 Å². The van der Waals surface area contributed by atoms with Crippen LogP contribution in [0, 0.1) is 0 Å². The molecule has 2 aromatic rings. The number of nitrogens with zero attached hydrogens (tertiary/aromatic N) is 2. The standard InChI is InChI=1S/C17H19N3O3/c1-3-23-15-8-7-14(11-16(15)22-2)12-18-19-17(21)13-20-9-5-4-6-10-20/h4-12H,3,13H2,1-2H3/p+1. The molecule has 1 heterocycles. The van der Waals surface area contributed by atoms with Gasteiger partial charge in [0.1, 0.15) is 0 Å². The van der Waals surface area contributed by atoms with E-state index in [1.165, 1.54) is 0 Å². The summed E-state index contributed by atoms with van der Waals surface area (Å²) in [5, 5.41) is 3.95. The Labute approximate surface area is 135 Å². The lowest BCUT2D eigenvalue weighted by atomic mass is 10.2. The molecule has 0 aliphatic heterocycles. The number of hydrogen-bond donors (Lipinski definition) is 1. The van der Waals surface area contributed by atoms with E-state index in [2.05, 4.69) is 10.5 Å². The Morgan fingerprint density at radius 1 is 1.26 bits per heavy atom. The Hall–Kier alpha value is -2.89. The maximum Gasteiger partial charge on any atom is 0.305 e. The number of aromatic nitrogens is 1. The number of pyridine rings is 1. The molecule has 6 heteroatoms. The van der Waals surface area contributed by atoms with Gasteiger partial charge >= 0.3 is 5.91 Å². The molecule has 0 bridgehead atoms. The normalized spacial score (nSPS) is 10.5. The molecule has 1 aromatic carbocycles. The number of carbonyl (C=O) groups excluding carboxylic acids is 1. The van der Waals surface area contributed by atoms with Crippen LogP contribution in [-0.2, 0) is 11.3 Å². The molecule has 0 saturated heterocycles. The first kappa shape index (κ1) is 16.5. The number of ether oxygens (including phenoxy) is 2. The molecule has 0 radical (unpaired) electrons. The maximum absolute atomic E-state index is 11.8. The van der Waals surface area contributed by atoms with Gasteiger partial charge in [0.05, 0.1) is 19.9 Å². The van der Waals surface area contributed by atoms with Crippen LogP contribution in [0.15, 0.2) is 53.9 Å². The monoisotopic (exact) mass is 314 g/mol. The number of nitrogens with one attached hydrogen (secondary N) is 1. The highest BCUT2D eigenvalue weighted by atomic mass is 16.5. The zero-order valence-corrected chi connectivity index (χ0v) is 13.2. The van der Waals surface area contributed by atoms with Gasteiger partial charge in [-0.25, -0.2) is 5.43 Å². The summed E-state index contributed by atoms with van der Waals surface area (Å²) < 4.78 is 12.5. The van der Waals surface area contributed by atoms with Crippen molar-refractivity contribution < 1.29 is 18.8 Å². The van der Waals surface area contributed by atoms with E-state index < -0.39 is 0 Å². The molecule has 0 unspecified atom stereocenters. The van der Waals surface area contributed by atoms with Crippen LogP contribution in [0.5, 0.6) is 11.5 Å². The molecule has 2 rings (SSSR count). The van der Waals surface area contributed by atoms with Crippen molar-refractivity contribution in [3.8, 4) is 11.5 Å². The SMILES string of the molecule is CCOc1ccc(C=NNC(=O)C[n+]2ccccc2)cc1OC. The average Bonchev–Trinajstić information content (AvgIpc) is 2.57. The second kappa shape index (κ2) is 8.53. The highest BCUT2D eigenvalue weighted by Crippen LogP contribution is 2.27. The molecule has 0 atom stereocenters. The number of rotatable bonds is 7. The van der Waals surface area contributed by atoms with Crippen molar-refractivity contribution in [2.75, 3.05) is 13.7 Å². The minimum atomic E-state index is -0.199. The Morgan fingerprint density at radius 3 is 2.74 bits per heavy atom. The third kappa shape index (κ3) is 5.10. The lowest BCUT2D eigenvalue weighted by Crippen LogP contribution is -2.40. The van der Waals surface area contributed by atoms with Crippen LogP contribution in [0.3, 0.4) is 0 Å². The van der Waals surface area contributed by atoms with Crippen molar-refractivity contribution >= 4 is 12.1 Å². The van der Waals surface area contributed by atoms with Gasteiger partial charge in [-0.15, -0.1) is 0 Å². The largest absolute Gasteiger partial charge is 0.493 e. The van der Waals surface area contributed by atoms with Crippen LogP contribution < -0.4 is 19.5 Å². The Bertz CT molecular complexity index is 672. The minimum Gasteiger partial charge on any atom is -0.493 e. The molecule has 1 N–H and O–H groups in total. The zero-order valence-electron chi connectivity index (χ0n) is 13.2. The summed E-state index contributed by atoms with van der Waals surface area (Å²) in [4.78, 5) is 11.8. The fourth-order valence-corrected chi connectivity index (χ4v) is 1.96. The molecule has 0 aliphatic carbocycles. The Balaban J connectivity index is 1.93. The molecule has 0 spiro atoms. The summed E-state index contributed by atoms with van der Waals surface area (Å²) in [6, 6.07) is 11.1. The second-order valence-electron chi connectivity index (χ2n) is 4.68. The number of amides is 1. The van der Waals surface area contributed by atoms with Gasteiger partial charge in [-0.2, -0.15) is 9.67 Å². The van der Waals surface area contributed by atoms with Crippen LogP contribution in [-0.4, -0.2) is 25.8 Å². The number of benzene rings is 1. The molecule has 0 aliphatic rings. The predicted octanol–water partition coefficient (Wildman–Crippen LogP) is 1.53. The van der Waals surface area contributed by atoms with Gasteiger partial charge in [0, 0.05) is 12.1 Å². The fraction of sp³-hybridized carbons (Fsp3) is 0.235. The molecule has 1 aromatic heterocycles. The van der Waals surface area contributed by atoms with Gasteiger partial charge in [0.15, 0.2) is 23.9 Å². The average molecular weight is 314 g/mol. The molecule has 6 nitrogen and oxygen atoms in total. The van der Waals surface area contributed by atoms with Gasteiger partial charge in [-0.1, -0.05) is 6.07 Å². The molecular formula is C17H20N3O3+. The van der Waals surface area contributed by atoms with E-state index in [0.717, 1.165) is 5.56 Å². The summed E-state index contributed by atoms with van der Waals surface area (Å²) in [5.74, 6) is 1.11. The Kier molecular flexibility index (Phi) is 6.11. The highest BCUT2D eigenvalue weighted by molar-refractivity contribution is 5.82. The minimum absolute atomic E-state index is 0.199. The van der Waals surface area contributed by atoms with Crippen LogP contribution in [0.4, 0.5) is 0 Å². The maximum atomic E-state index is 11.8. The zero-order chi connectivity index (χ0) is 16.5. The van der Waals surface area contributed by atoms with Gasteiger partial charge in [-0.3, -0.25) is 4.79 Å². The lowest BCUT2D eigenvalue weighted by Gasteiger charge is -2.09. The van der Waals surface area contributed by atoms with Crippen molar-refractivity contribution in [3.63, 3.8) is 0 Å². The molecule has 23 heavy (non-hydrogen) atoms. The van der Waals surface area contributed by atoms with Crippen molar-refractivity contribution in [1.29, 1.82) is 0 Å². The third-order valence-electron chi connectivity index (χ3n) is 2.99. The van der Waals surface area contributed by atoms with E-state index in [0.29, 0.717) is 18.1 Å². The van der Waals surface area contributed by atoms with E-state index in [1.54, 1.807) is 24.0 Å². The van der Waals surface area contributed by atoms with Crippen LogP contribution in [0.25, 0.3) is 0 Å². The molecule has 1 amide bonds. The van der Waals surface area contributed by atoms with Gasteiger partial charge in [-0.05, 0) is 30.7 Å². The van der Waals surface area contributed by atoms with Crippen LogP contribution >= 0.6 is 0 Å². The topological polar surface area (TPSA) is 63.8 Å². The lowest BCUT2D eigenvalue weighted by molar-refractivity contribution is -0.684. The quantitative estimate of drug-likeness (QED) is 0.479. The summed E-state index contributed by atoms with van der Waals surface area (Å²) in [6.45, 7) is 2.69. The van der Waals surface area contributed by atoms with Crippen molar-refractivity contribution in [2.45, 2.75) is 13.5 Å². The first-order valence-electron chi connectivity index (χ1n) is 7.29. The summed E-state index contributed by atoms with van der Waals surface area (Å²) in [7, 11) is 1.58. The van der Waals surface area contributed by atoms with Crippen LogP contribution in [0.1, 0.15) is 12.5 Å². The van der Waals surface area contributed by atoms with E-state index in [4.69, 9.17) is 9.47 Å². The number of hydrazone groups is 1. The Morgan fingerprint density at radius 2 is 2.04 bits per heavy atom.